The molecule has 0 bridgehead atoms. The monoisotopic (exact) mass is 292 g/mol. The zero-order valence-electron chi connectivity index (χ0n) is 12.6. The fourth-order valence-corrected chi connectivity index (χ4v) is 5.11. The summed E-state index contributed by atoms with van der Waals surface area (Å²) in [5.74, 6) is 1.42. The number of para-hydroxylation sites is 1. The molecule has 0 aliphatic carbocycles. The number of likely N-dealkylation sites (tertiary alicyclic amines) is 1. The molecule has 20 heavy (non-hydrogen) atoms. The molecule has 0 saturated carbocycles. The van der Waals surface area contributed by atoms with E-state index >= 15 is 0 Å². The van der Waals surface area contributed by atoms with Gasteiger partial charge in [-0.1, -0.05) is 26.0 Å². The molecule has 3 nitrogen and oxygen atoms in total. The van der Waals surface area contributed by atoms with Gasteiger partial charge in [0, 0.05) is 30.8 Å². The van der Waals surface area contributed by atoms with Gasteiger partial charge in [-0.2, -0.15) is 0 Å². The summed E-state index contributed by atoms with van der Waals surface area (Å²) in [6, 6.07) is 7.04. The van der Waals surface area contributed by atoms with Crippen molar-refractivity contribution in [2.75, 3.05) is 37.3 Å². The Balaban J connectivity index is 0.000000581. The van der Waals surface area contributed by atoms with Gasteiger partial charge in [-0.25, -0.2) is 0 Å². The van der Waals surface area contributed by atoms with Crippen LogP contribution in [-0.2, 0) is 10.8 Å². The normalized spacial score (nSPS) is 31.1. The first-order valence-corrected chi connectivity index (χ1v) is 9.04. The number of likely N-dealkylation sites (N-methyl/N-ethyl adjacent to an activating group) is 1. The van der Waals surface area contributed by atoms with Crippen molar-refractivity contribution in [3.8, 4) is 0 Å². The molecule has 3 unspecified atom stereocenters. The number of piperidine rings is 1. The summed E-state index contributed by atoms with van der Waals surface area (Å²) >= 11 is 0. The van der Waals surface area contributed by atoms with E-state index in [4.69, 9.17) is 0 Å². The van der Waals surface area contributed by atoms with Crippen LogP contribution < -0.4 is 4.90 Å². The minimum Gasteiger partial charge on any atom is -0.366 e. The average Bonchev–Trinajstić information content (AvgIpc) is 2.80. The first kappa shape index (κ1) is 14.1. The summed E-state index contributed by atoms with van der Waals surface area (Å²) in [6.45, 7) is 7.30. The predicted octanol–water partition coefficient (Wildman–Crippen LogP) is 2.44. The molecule has 4 heteroatoms. The molecule has 1 aromatic rings. The minimum absolute atomic E-state index is 0.619. The molecule has 3 aliphatic heterocycles. The Labute approximate surface area is 124 Å². The Bertz CT molecular complexity index is 531. The Kier molecular flexibility index (Phi) is 3.87. The Morgan fingerprint density at radius 3 is 2.85 bits per heavy atom. The highest BCUT2D eigenvalue weighted by atomic mass is 32.2. The third kappa shape index (κ3) is 2.01. The number of hydrogen-bond acceptors (Lipinski definition) is 3. The van der Waals surface area contributed by atoms with E-state index in [1.54, 1.807) is 0 Å². The molecule has 0 amide bonds. The lowest BCUT2D eigenvalue weighted by Crippen LogP contribution is -2.46. The van der Waals surface area contributed by atoms with Crippen molar-refractivity contribution in [2.45, 2.75) is 37.1 Å². The van der Waals surface area contributed by atoms with Gasteiger partial charge in [0.15, 0.2) is 0 Å². The van der Waals surface area contributed by atoms with Crippen molar-refractivity contribution in [3.63, 3.8) is 0 Å². The lowest BCUT2D eigenvalue weighted by atomic mass is 9.89. The van der Waals surface area contributed by atoms with Crippen LogP contribution in [0.5, 0.6) is 0 Å². The van der Waals surface area contributed by atoms with E-state index in [2.05, 4.69) is 35.0 Å². The van der Waals surface area contributed by atoms with Crippen molar-refractivity contribution in [3.05, 3.63) is 23.8 Å². The molecular weight excluding hydrogens is 268 g/mol. The SMILES string of the molecule is CC.CN1CCC2C(C1)c1cccc3c1N2CCS3=O. The summed E-state index contributed by atoms with van der Waals surface area (Å²) < 4.78 is 12.2. The molecule has 110 valence electrons. The summed E-state index contributed by atoms with van der Waals surface area (Å²) in [5.41, 5.74) is 2.75. The maximum atomic E-state index is 12.2. The first-order chi connectivity index (χ1) is 9.75. The van der Waals surface area contributed by atoms with Crippen LogP contribution in [0.3, 0.4) is 0 Å². The highest BCUT2D eigenvalue weighted by Crippen LogP contribution is 2.48. The van der Waals surface area contributed by atoms with Crippen LogP contribution in [0.25, 0.3) is 0 Å². The molecule has 3 atom stereocenters. The Morgan fingerprint density at radius 2 is 2.05 bits per heavy atom. The van der Waals surface area contributed by atoms with Gasteiger partial charge in [0.2, 0.25) is 0 Å². The second-order valence-corrected chi connectivity index (χ2v) is 7.20. The number of nitrogens with zero attached hydrogens (tertiary/aromatic N) is 2. The van der Waals surface area contributed by atoms with E-state index in [9.17, 15) is 4.21 Å². The highest BCUT2D eigenvalue weighted by Gasteiger charge is 2.44. The molecule has 4 rings (SSSR count). The fourth-order valence-electron chi connectivity index (χ4n) is 3.85. The molecular formula is C16H24N2OS. The van der Waals surface area contributed by atoms with E-state index < -0.39 is 10.8 Å². The van der Waals surface area contributed by atoms with Crippen LogP contribution in [0.1, 0.15) is 31.7 Å². The van der Waals surface area contributed by atoms with Crippen molar-refractivity contribution < 1.29 is 4.21 Å². The van der Waals surface area contributed by atoms with Gasteiger partial charge in [-0.3, -0.25) is 4.21 Å². The molecule has 1 aromatic carbocycles. The van der Waals surface area contributed by atoms with E-state index in [1.807, 2.05) is 13.8 Å². The number of benzene rings is 1. The van der Waals surface area contributed by atoms with Crippen molar-refractivity contribution in [2.24, 2.45) is 0 Å². The van der Waals surface area contributed by atoms with Crippen LogP contribution in [-0.4, -0.2) is 47.6 Å². The third-order valence-corrected chi connectivity index (χ3v) is 6.03. The standard InChI is InChI=1S/C14H18N2OS.C2H6/c1-15-6-5-12-11(9-15)10-3-2-4-13-14(10)16(12)7-8-18(13)17;1-2/h2-4,11-12H,5-9H2,1H3;1-2H3. The molecule has 3 heterocycles. The first-order valence-electron chi connectivity index (χ1n) is 7.72. The second-order valence-electron chi connectivity index (χ2n) is 5.66. The summed E-state index contributed by atoms with van der Waals surface area (Å²) in [4.78, 5) is 6.05. The van der Waals surface area contributed by atoms with Gasteiger partial charge in [0.1, 0.15) is 0 Å². The second kappa shape index (κ2) is 5.49. The summed E-state index contributed by atoms with van der Waals surface area (Å²) in [5, 5.41) is 0. The van der Waals surface area contributed by atoms with E-state index in [1.165, 1.54) is 24.2 Å². The molecule has 3 aliphatic rings. The highest BCUT2D eigenvalue weighted by molar-refractivity contribution is 7.85. The molecule has 1 fully saturated rings. The zero-order chi connectivity index (χ0) is 14.3. The minimum atomic E-state index is -0.784. The summed E-state index contributed by atoms with van der Waals surface area (Å²) in [6.07, 6.45) is 1.24. The number of rotatable bonds is 0. The quantitative estimate of drug-likeness (QED) is 0.734. The van der Waals surface area contributed by atoms with Crippen LogP contribution >= 0.6 is 0 Å². The fraction of sp³-hybridized carbons (Fsp3) is 0.625. The van der Waals surface area contributed by atoms with Gasteiger partial charge in [0.05, 0.1) is 21.4 Å². The zero-order valence-corrected chi connectivity index (χ0v) is 13.4. The van der Waals surface area contributed by atoms with Crippen molar-refractivity contribution in [1.29, 1.82) is 0 Å². The van der Waals surface area contributed by atoms with Gasteiger partial charge >= 0.3 is 0 Å². The van der Waals surface area contributed by atoms with Crippen LogP contribution in [0.15, 0.2) is 23.1 Å². The van der Waals surface area contributed by atoms with Gasteiger partial charge in [-0.05, 0) is 31.6 Å². The van der Waals surface area contributed by atoms with Crippen LogP contribution in [0.4, 0.5) is 5.69 Å². The maximum Gasteiger partial charge on any atom is 0.0625 e. The molecule has 0 spiro atoms. The van der Waals surface area contributed by atoms with Crippen LogP contribution in [0, 0.1) is 0 Å². The van der Waals surface area contributed by atoms with E-state index in [-0.39, 0.29) is 0 Å². The number of anilines is 1. The van der Waals surface area contributed by atoms with Crippen molar-refractivity contribution in [1.82, 2.24) is 4.90 Å². The smallest absolute Gasteiger partial charge is 0.0625 e. The Morgan fingerprint density at radius 1 is 1.25 bits per heavy atom. The van der Waals surface area contributed by atoms with E-state index in [0.717, 1.165) is 23.7 Å². The topological polar surface area (TPSA) is 23.6 Å². The average molecular weight is 292 g/mol. The van der Waals surface area contributed by atoms with Crippen molar-refractivity contribution >= 4 is 16.5 Å². The van der Waals surface area contributed by atoms with E-state index in [0.29, 0.717) is 12.0 Å². The lowest BCUT2D eigenvalue weighted by Gasteiger charge is -2.38. The molecule has 1 saturated heterocycles. The largest absolute Gasteiger partial charge is 0.366 e. The number of hydrogen-bond donors (Lipinski definition) is 0. The number of fused-ring (bicyclic) bond motifs is 3. The van der Waals surface area contributed by atoms with Gasteiger partial charge in [-0.15, -0.1) is 0 Å². The third-order valence-electron chi connectivity index (χ3n) is 4.66. The van der Waals surface area contributed by atoms with Gasteiger partial charge < -0.3 is 9.80 Å². The van der Waals surface area contributed by atoms with Gasteiger partial charge in [0.25, 0.3) is 0 Å². The molecule has 0 radical (unpaired) electrons. The maximum absolute atomic E-state index is 12.2. The Hall–Kier alpha value is -0.870. The van der Waals surface area contributed by atoms with Crippen LogP contribution in [0.2, 0.25) is 0 Å². The summed E-state index contributed by atoms with van der Waals surface area (Å²) in [7, 11) is 1.42. The molecule has 0 aromatic heterocycles. The lowest BCUT2D eigenvalue weighted by molar-refractivity contribution is 0.232. The molecule has 0 N–H and O–H groups in total. The predicted molar refractivity (Wildman–Crippen MR) is 85.1 cm³/mol.